The van der Waals surface area contributed by atoms with E-state index >= 15 is 0 Å². The molecule has 98 valence electrons. The van der Waals surface area contributed by atoms with Gasteiger partial charge in [0.1, 0.15) is 6.10 Å². The van der Waals surface area contributed by atoms with E-state index in [1.54, 1.807) is 0 Å². The number of ether oxygens (including phenoxy) is 1. The van der Waals surface area contributed by atoms with E-state index in [-0.39, 0.29) is 12.1 Å². The summed E-state index contributed by atoms with van der Waals surface area (Å²) in [6.45, 7) is 2.69. The number of aryl methyl sites for hydroxylation is 1. The molecule has 0 bridgehead atoms. The first-order valence-electron chi connectivity index (χ1n) is 6.74. The van der Waals surface area contributed by atoms with E-state index in [1.807, 2.05) is 12.1 Å². The molecule has 1 N–H and O–H groups in total. The molecule has 0 atom stereocenters. The Morgan fingerprint density at radius 3 is 2.61 bits per heavy atom. The van der Waals surface area contributed by atoms with Gasteiger partial charge in [-0.25, -0.2) is 0 Å². The van der Waals surface area contributed by atoms with Crippen LogP contribution < -0.4 is 5.32 Å². The molecule has 1 aliphatic carbocycles. The first kappa shape index (κ1) is 12.9. The third-order valence-electron chi connectivity index (χ3n) is 3.31. The Morgan fingerprint density at radius 2 is 1.94 bits per heavy atom. The Bertz CT molecular complexity index is 380. The SMILES string of the molecule is Cc1ccc(NCCC(=O)OC2CCCC2)cc1. The predicted molar refractivity (Wildman–Crippen MR) is 72.6 cm³/mol. The molecule has 2 rings (SSSR count). The van der Waals surface area contributed by atoms with E-state index in [0.29, 0.717) is 13.0 Å². The number of rotatable bonds is 5. The molecule has 0 amide bonds. The summed E-state index contributed by atoms with van der Waals surface area (Å²) in [5.74, 6) is -0.0819. The number of benzene rings is 1. The van der Waals surface area contributed by atoms with Gasteiger partial charge in [-0.05, 0) is 44.7 Å². The average Bonchev–Trinajstić information content (AvgIpc) is 2.84. The topological polar surface area (TPSA) is 38.3 Å². The van der Waals surface area contributed by atoms with E-state index in [0.717, 1.165) is 18.5 Å². The summed E-state index contributed by atoms with van der Waals surface area (Å²) < 4.78 is 5.39. The van der Waals surface area contributed by atoms with Crippen LogP contribution in [0.3, 0.4) is 0 Å². The van der Waals surface area contributed by atoms with Gasteiger partial charge in [0.2, 0.25) is 0 Å². The van der Waals surface area contributed by atoms with Gasteiger partial charge in [0.05, 0.1) is 6.42 Å². The van der Waals surface area contributed by atoms with Crippen molar-refractivity contribution < 1.29 is 9.53 Å². The fourth-order valence-corrected chi connectivity index (χ4v) is 2.23. The van der Waals surface area contributed by atoms with Gasteiger partial charge in [-0.15, -0.1) is 0 Å². The summed E-state index contributed by atoms with van der Waals surface area (Å²) in [4.78, 5) is 11.6. The van der Waals surface area contributed by atoms with Crippen LogP contribution in [-0.4, -0.2) is 18.6 Å². The van der Waals surface area contributed by atoms with Crippen LogP contribution in [0.2, 0.25) is 0 Å². The van der Waals surface area contributed by atoms with Crippen molar-refractivity contribution in [3.8, 4) is 0 Å². The largest absolute Gasteiger partial charge is 0.462 e. The first-order valence-corrected chi connectivity index (χ1v) is 6.74. The van der Waals surface area contributed by atoms with Crippen molar-refractivity contribution in [2.24, 2.45) is 0 Å². The van der Waals surface area contributed by atoms with Crippen LogP contribution in [0.4, 0.5) is 5.69 Å². The zero-order chi connectivity index (χ0) is 12.8. The molecule has 0 unspecified atom stereocenters. The van der Waals surface area contributed by atoms with Crippen LogP contribution in [0.25, 0.3) is 0 Å². The molecule has 0 radical (unpaired) electrons. The molecule has 18 heavy (non-hydrogen) atoms. The predicted octanol–water partition coefficient (Wildman–Crippen LogP) is 3.28. The molecule has 3 heteroatoms. The van der Waals surface area contributed by atoms with Gasteiger partial charge in [-0.2, -0.15) is 0 Å². The zero-order valence-corrected chi connectivity index (χ0v) is 10.9. The van der Waals surface area contributed by atoms with E-state index in [2.05, 4.69) is 24.4 Å². The second-order valence-corrected chi connectivity index (χ2v) is 4.94. The Labute approximate surface area is 109 Å². The summed E-state index contributed by atoms with van der Waals surface area (Å²) in [5, 5.41) is 3.23. The van der Waals surface area contributed by atoms with Crippen molar-refractivity contribution in [2.75, 3.05) is 11.9 Å². The Balaban J connectivity index is 1.65. The lowest BCUT2D eigenvalue weighted by atomic mass is 10.2. The van der Waals surface area contributed by atoms with Crippen LogP contribution in [-0.2, 0) is 9.53 Å². The average molecular weight is 247 g/mol. The van der Waals surface area contributed by atoms with Crippen LogP contribution in [0.15, 0.2) is 24.3 Å². The maximum atomic E-state index is 11.6. The van der Waals surface area contributed by atoms with Crippen LogP contribution in [0.1, 0.15) is 37.7 Å². The Hall–Kier alpha value is -1.51. The van der Waals surface area contributed by atoms with E-state index < -0.39 is 0 Å². The maximum absolute atomic E-state index is 11.6. The highest BCUT2D eigenvalue weighted by molar-refractivity contribution is 5.70. The molecule has 1 aromatic rings. The van der Waals surface area contributed by atoms with Gasteiger partial charge in [-0.1, -0.05) is 17.7 Å². The van der Waals surface area contributed by atoms with Crippen molar-refractivity contribution in [1.82, 2.24) is 0 Å². The van der Waals surface area contributed by atoms with Crippen molar-refractivity contribution in [1.29, 1.82) is 0 Å². The van der Waals surface area contributed by atoms with Gasteiger partial charge in [0.15, 0.2) is 0 Å². The standard InChI is InChI=1S/C15H21NO2/c1-12-6-8-13(9-7-12)16-11-10-15(17)18-14-4-2-3-5-14/h6-9,14,16H,2-5,10-11H2,1H3. The summed E-state index contributed by atoms with van der Waals surface area (Å²) in [7, 11) is 0. The number of hydrogen-bond donors (Lipinski definition) is 1. The van der Waals surface area contributed by atoms with Gasteiger partial charge in [0, 0.05) is 12.2 Å². The minimum Gasteiger partial charge on any atom is -0.462 e. The molecule has 0 aromatic heterocycles. The molecule has 1 saturated carbocycles. The first-order chi connectivity index (χ1) is 8.74. The molecule has 3 nitrogen and oxygen atoms in total. The lowest BCUT2D eigenvalue weighted by Gasteiger charge is -2.11. The van der Waals surface area contributed by atoms with E-state index in [4.69, 9.17) is 4.74 Å². The molecular weight excluding hydrogens is 226 g/mol. The molecule has 0 spiro atoms. The number of carbonyl (C=O) groups is 1. The fourth-order valence-electron chi connectivity index (χ4n) is 2.23. The van der Waals surface area contributed by atoms with E-state index in [9.17, 15) is 4.79 Å². The number of nitrogens with one attached hydrogen (secondary N) is 1. The number of hydrogen-bond acceptors (Lipinski definition) is 3. The van der Waals surface area contributed by atoms with Crippen LogP contribution in [0, 0.1) is 6.92 Å². The second-order valence-electron chi connectivity index (χ2n) is 4.94. The summed E-state index contributed by atoms with van der Waals surface area (Å²) in [6, 6.07) is 8.16. The van der Waals surface area contributed by atoms with Gasteiger partial charge < -0.3 is 10.1 Å². The smallest absolute Gasteiger partial charge is 0.307 e. The molecular formula is C15H21NO2. The summed E-state index contributed by atoms with van der Waals surface area (Å²) >= 11 is 0. The number of carbonyl (C=O) groups excluding carboxylic acids is 1. The Morgan fingerprint density at radius 1 is 1.28 bits per heavy atom. The summed E-state index contributed by atoms with van der Waals surface area (Å²) in [6.07, 6.45) is 5.08. The van der Waals surface area contributed by atoms with Gasteiger partial charge in [-0.3, -0.25) is 4.79 Å². The highest BCUT2D eigenvalue weighted by atomic mass is 16.5. The number of anilines is 1. The lowest BCUT2D eigenvalue weighted by molar-refractivity contribution is -0.148. The number of esters is 1. The second kappa shape index (κ2) is 6.43. The van der Waals surface area contributed by atoms with E-state index in [1.165, 1.54) is 18.4 Å². The van der Waals surface area contributed by atoms with Crippen LogP contribution >= 0.6 is 0 Å². The molecule has 0 aliphatic heterocycles. The third kappa shape index (κ3) is 4.06. The lowest BCUT2D eigenvalue weighted by Crippen LogP contribution is -2.17. The highest BCUT2D eigenvalue weighted by Gasteiger charge is 2.18. The monoisotopic (exact) mass is 247 g/mol. The van der Waals surface area contributed by atoms with Crippen molar-refractivity contribution in [2.45, 2.75) is 45.1 Å². The molecule has 1 fully saturated rings. The minimum atomic E-state index is -0.0819. The van der Waals surface area contributed by atoms with Gasteiger partial charge >= 0.3 is 5.97 Å². The van der Waals surface area contributed by atoms with Crippen LogP contribution in [0.5, 0.6) is 0 Å². The maximum Gasteiger partial charge on any atom is 0.307 e. The third-order valence-corrected chi connectivity index (χ3v) is 3.31. The van der Waals surface area contributed by atoms with Gasteiger partial charge in [0.25, 0.3) is 0 Å². The molecule has 0 heterocycles. The summed E-state index contributed by atoms with van der Waals surface area (Å²) in [5.41, 5.74) is 2.29. The minimum absolute atomic E-state index is 0.0819. The molecule has 0 saturated heterocycles. The van der Waals surface area contributed by atoms with Crippen molar-refractivity contribution in [3.63, 3.8) is 0 Å². The molecule has 1 aliphatic rings. The Kier molecular flexibility index (Phi) is 4.62. The normalized spacial score (nSPS) is 15.6. The quantitative estimate of drug-likeness (QED) is 0.811. The fraction of sp³-hybridized carbons (Fsp3) is 0.533. The van der Waals surface area contributed by atoms with Crippen molar-refractivity contribution >= 4 is 11.7 Å². The molecule has 1 aromatic carbocycles. The van der Waals surface area contributed by atoms with Crippen molar-refractivity contribution in [3.05, 3.63) is 29.8 Å². The highest BCUT2D eigenvalue weighted by Crippen LogP contribution is 2.21. The zero-order valence-electron chi connectivity index (χ0n) is 10.9.